The molecule has 4 rings (SSSR count). The SMILES string of the molecule is C/C=C\C(=O)Nc1ccc(Sc2cc(Nc3ccc(N4CCOCC4)cc3)ncc2C)cc1. The lowest BCUT2D eigenvalue weighted by atomic mass is 10.2. The van der Waals surface area contributed by atoms with Gasteiger partial charge in [-0.3, -0.25) is 4.79 Å². The van der Waals surface area contributed by atoms with Gasteiger partial charge in [-0.2, -0.15) is 0 Å². The van der Waals surface area contributed by atoms with Crippen molar-refractivity contribution in [3.63, 3.8) is 0 Å². The molecule has 2 N–H and O–H groups in total. The number of morpholine rings is 1. The predicted molar refractivity (Wildman–Crippen MR) is 136 cm³/mol. The second-order valence-corrected chi connectivity index (χ2v) is 8.84. The Morgan fingerprint density at radius 3 is 2.45 bits per heavy atom. The van der Waals surface area contributed by atoms with E-state index in [1.807, 2.05) is 37.4 Å². The average Bonchev–Trinajstić information content (AvgIpc) is 2.84. The summed E-state index contributed by atoms with van der Waals surface area (Å²) in [5, 5.41) is 6.25. The predicted octanol–water partition coefficient (Wildman–Crippen LogP) is 5.64. The Balaban J connectivity index is 1.41. The van der Waals surface area contributed by atoms with Crippen molar-refractivity contribution in [1.29, 1.82) is 0 Å². The van der Waals surface area contributed by atoms with Crippen molar-refractivity contribution in [3.8, 4) is 0 Å². The molecule has 7 heteroatoms. The van der Waals surface area contributed by atoms with Crippen LogP contribution in [0.5, 0.6) is 0 Å². The van der Waals surface area contributed by atoms with Gasteiger partial charge < -0.3 is 20.3 Å². The fraction of sp³-hybridized carbons (Fsp3) is 0.231. The summed E-state index contributed by atoms with van der Waals surface area (Å²) in [6.07, 6.45) is 5.11. The maximum atomic E-state index is 11.7. The van der Waals surface area contributed by atoms with Gasteiger partial charge in [0.2, 0.25) is 5.91 Å². The van der Waals surface area contributed by atoms with Gasteiger partial charge in [0.1, 0.15) is 5.82 Å². The number of allylic oxidation sites excluding steroid dienone is 1. The third-order valence-corrected chi connectivity index (χ3v) is 6.41. The summed E-state index contributed by atoms with van der Waals surface area (Å²) < 4.78 is 5.43. The fourth-order valence-corrected chi connectivity index (χ4v) is 4.39. The van der Waals surface area contributed by atoms with E-state index in [0.717, 1.165) is 58.9 Å². The van der Waals surface area contributed by atoms with E-state index >= 15 is 0 Å². The molecule has 2 heterocycles. The van der Waals surface area contributed by atoms with E-state index in [9.17, 15) is 4.79 Å². The van der Waals surface area contributed by atoms with E-state index in [4.69, 9.17) is 4.74 Å². The molecule has 3 aromatic rings. The first kappa shape index (κ1) is 22.9. The summed E-state index contributed by atoms with van der Waals surface area (Å²) in [6.45, 7) is 7.29. The molecule has 1 aliphatic heterocycles. The Bertz CT molecular complexity index is 1110. The number of pyridine rings is 1. The van der Waals surface area contributed by atoms with Crippen LogP contribution in [0.25, 0.3) is 0 Å². The van der Waals surface area contributed by atoms with Gasteiger partial charge in [-0.25, -0.2) is 4.98 Å². The molecule has 1 aliphatic rings. The van der Waals surface area contributed by atoms with Crippen LogP contribution in [-0.4, -0.2) is 37.2 Å². The number of nitrogens with one attached hydrogen (secondary N) is 2. The molecule has 1 aromatic heterocycles. The van der Waals surface area contributed by atoms with E-state index in [1.165, 1.54) is 11.8 Å². The normalized spacial score (nSPS) is 13.8. The molecule has 1 fully saturated rings. The van der Waals surface area contributed by atoms with Gasteiger partial charge in [0.15, 0.2) is 0 Å². The van der Waals surface area contributed by atoms with Crippen LogP contribution in [0.15, 0.2) is 82.7 Å². The lowest BCUT2D eigenvalue weighted by Gasteiger charge is -2.28. The van der Waals surface area contributed by atoms with E-state index in [1.54, 1.807) is 17.8 Å². The summed E-state index contributed by atoms with van der Waals surface area (Å²) in [7, 11) is 0. The standard InChI is InChI=1S/C26H28N4O2S/c1-3-4-26(31)29-21-7-11-23(12-8-21)33-24-17-25(27-18-19(24)2)28-20-5-9-22(10-6-20)30-13-15-32-16-14-30/h3-12,17-18H,13-16H2,1-2H3,(H,27,28)(H,29,31)/b4-3-. The van der Waals surface area contributed by atoms with Gasteiger partial charge in [-0.15, -0.1) is 0 Å². The number of rotatable bonds is 7. The van der Waals surface area contributed by atoms with Crippen LogP contribution in [0.1, 0.15) is 12.5 Å². The number of carbonyl (C=O) groups is 1. The van der Waals surface area contributed by atoms with Crippen LogP contribution in [0.3, 0.4) is 0 Å². The second-order valence-electron chi connectivity index (χ2n) is 7.72. The fourth-order valence-electron chi connectivity index (χ4n) is 3.48. The summed E-state index contributed by atoms with van der Waals surface area (Å²) >= 11 is 1.67. The molecule has 0 spiro atoms. The largest absolute Gasteiger partial charge is 0.378 e. The van der Waals surface area contributed by atoms with E-state index in [2.05, 4.69) is 57.8 Å². The van der Waals surface area contributed by atoms with Gasteiger partial charge in [-0.05, 0) is 80.1 Å². The highest BCUT2D eigenvalue weighted by Crippen LogP contribution is 2.33. The summed E-state index contributed by atoms with van der Waals surface area (Å²) in [6, 6.07) is 18.3. The Hall–Kier alpha value is -3.29. The van der Waals surface area contributed by atoms with E-state index in [-0.39, 0.29) is 5.91 Å². The number of aryl methyl sites for hydroxylation is 1. The van der Waals surface area contributed by atoms with Gasteiger partial charge >= 0.3 is 0 Å². The molecule has 33 heavy (non-hydrogen) atoms. The highest BCUT2D eigenvalue weighted by Gasteiger charge is 2.11. The van der Waals surface area contributed by atoms with Crippen molar-refractivity contribution in [1.82, 2.24) is 4.98 Å². The molecule has 1 saturated heterocycles. The van der Waals surface area contributed by atoms with Crippen LogP contribution in [-0.2, 0) is 9.53 Å². The maximum Gasteiger partial charge on any atom is 0.248 e. The third kappa shape index (κ3) is 6.37. The lowest BCUT2D eigenvalue weighted by molar-refractivity contribution is -0.111. The van der Waals surface area contributed by atoms with Gasteiger partial charge in [0.05, 0.1) is 13.2 Å². The molecule has 0 unspecified atom stereocenters. The van der Waals surface area contributed by atoms with Crippen LogP contribution in [0.2, 0.25) is 0 Å². The molecule has 0 bridgehead atoms. The zero-order chi connectivity index (χ0) is 23.0. The maximum absolute atomic E-state index is 11.7. The number of hydrogen-bond acceptors (Lipinski definition) is 6. The number of aromatic nitrogens is 1. The van der Waals surface area contributed by atoms with Crippen molar-refractivity contribution in [2.45, 2.75) is 23.6 Å². The zero-order valence-electron chi connectivity index (χ0n) is 18.9. The minimum absolute atomic E-state index is 0.128. The monoisotopic (exact) mass is 460 g/mol. The number of carbonyl (C=O) groups excluding carboxylic acids is 1. The Morgan fingerprint density at radius 2 is 1.76 bits per heavy atom. The van der Waals surface area contributed by atoms with Gasteiger partial charge in [0.25, 0.3) is 0 Å². The molecule has 0 radical (unpaired) electrons. The zero-order valence-corrected chi connectivity index (χ0v) is 19.7. The number of anilines is 4. The Labute approximate surface area is 199 Å². The molecule has 0 saturated carbocycles. The van der Waals surface area contributed by atoms with E-state index in [0.29, 0.717) is 0 Å². The minimum atomic E-state index is -0.128. The molecule has 6 nitrogen and oxygen atoms in total. The first-order chi connectivity index (χ1) is 16.1. The van der Waals surface area contributed by atoms with Gasteiger partial charge in [-0.1, -0.05) is 17.8 Å². The molecule has 1 amide bonds. The third-order valence-electron chi connectivity index (χ3n) is 5.24. The van der Waals surface area contributed by atoms with Crippen LogP contribution >= 0.6 is 11.8 Å². The highest BCUT2D eigenvalue weighted by atomic mass is 32.2. The van der Waals surface area contributed by atoms with Crippen LogP contribution < -0.4 is 15.5 Å². The Morgan fingerprint density at radius 1 is 1.06 bits per heavy atom. The Kier molecular flexibility index (Phi) is 7.65. The molecular formula is C26H28N4O2S. The van der Waals surface area contributed by atoms with Crippen molar-refractivity contribution in [3.05, 3.63) is 78.5 Å². The highest BCUT2D eigenvalue weighted by molar-refractivity contribution is 7.99. The summed E-state index contributed by atoms with van der Waals surface area (Å²) in [5.41, 5.74) is 4.10. The first-order valence-electron chi connectivity index (χ1n) is 11.0. The number of ether oxygens (including phenoxy) is 1. The summed E-state index contributed by atoms with van der Waals surface area (Å²) in [4.78, 5) is 20.8. The number of nitrogens with zero attached hydrogens (tertiary/aromatic N) is 2. The topological polar surface area (TPSA) is 66.5 Å². The number of hydrogen-bond donors (Lipinski definition) is 2. The molecule has 2 aromatic carbocycles. The smallest absolute Gasteiger partial charge is 0.248 e. The van der Waals surface area contributed by atoms with Crippen molar-refractivity contribution in [2.75, 3.05) is 41.8 Å². The van der Waals surface area contributed by atoms with Crippen LogP contribution in [0, 0.1) is 6.92 Å². The first-order valence-corrected chi connectivity index (χ1v) is 11.8. The van der Waals surface area contributed by atoms with E-state index < -0.39 is 0 Å². The second kappa shape index (κ2) is 11.0. The van der Waals surface area contributed by atoms with Crippen molar-refractivity contribution >= 4 is 40.5 Å². The molecule has 170 valence electrons. The quantitative estimate of drug-likeness (QED) is 0.445. The minimum Gasteiger partial charge on any atom is -0.378 e. The molecule has 0 atom stereocenters. The number of amides is 1. The lowest BCUT2D eigenvalue weighted by Crippen LogP contribution is -2.36. The van der Waals surface area contributed by atoms with Crippen molar-refractivity contribution in [2.24, 2.45) is 0 Å². The number of benzene rings is 2. The molecular weight excluding hydrogens is 432 g/mol. The summed E-state index contributed by atoms with van der Waals surface area (Å²) in [5.74, 6) is 0.675. The molecule has 0 aliphatic carbocycles. The van der Waals surface area contributed by atoms with Crippen LogP contribution in [0.4, 0.5) is 22.9 Å². The van der Waals surface area contributed by atoms with Gasteiger partial charge in [0, 0.05) is 46.1 Å². The average molecular weight is 461 g/mol. The van der Waals surface area contributed by atoms with Crippen molar-refractivity contribution < 1.29 is 9.53 Å².